The molecule has 4 aromatic rings. The van der Waals surface area contributed by atoms with E-state index in [1.807, 2.05) is 36.4 Å². The van der Waals surface area contributed by atoms with Gasteiger partial charge in [-0.05, 0) is 53.1 Å². The van der Waals surface area contributed by atoms with E-state index in [1.165, 1.54) is 0 Å². The van der Waals surface area contributed by atoms with Gasteiger partial charge in [0.2, 0.25) is 0 Å². The molecule has 0 atom stereocenters. The van der Waals surface area contributed by atoms with Gasteiger partial charge in [-0.15, -0.1) is 15.0 Å². The molecule has 0 saturated carbocycles. The topological polar surface area (TPSA) is 122 Å². The summed E-state index contributed by atoms with van der Waals surface area (Å²) in [6.45, 7) is 0.365. The van der Waals surface area contributed by atoms with Crippen molar-refractivity contribution in [1.82, 2.24) is 15.0 Å². The zero-order valence-corrected chi connectivity index (χ0v) is 24.3. The Morgan fingerprint density at radius 2 is 0.571 bits per heavy atom. The van der Waals surface area contributed by atoms with Gasteiger partial charge in [0, 0.05) is 18.2 Å². The molecule has 12 nitrogen and oxygen atoms in total. The van der Waals surface area contributed by atoms with Gasteiger partial charge < -0.3 is 42.6 Å². The maximum atomic E-state index is 5.91. The van der Waals surface area contributed by atoms with Gasteiger partial charge in [0.15, 0.2) is 0 Å². The SMILES string of the molecule is COc1cc(COc2nc(OCc3cc(OC)cc(OC)c3)nc(OCc3cc(OC)cc(OC)c3)n2)cc(OC)c1. The average Bonchev–Trinajstić information content (AvgIpc) is 3.04. The molecule has 0 bridgehead atoms. The van der Waals surface area contributed by atoms with Crippen LogP contribution < -0.4 is 42.6 Å². The van der Waals surface area contributed by atoms with Crippen LogP contribution in [0.25, 0.3) is 0 Å². The molecule has 4 rings (SSSR count). The van der Waals surface area contributed by atoms with E-state index in [0.717, 1.165) is 16.7 Å². The Bertz CT molecular complexity index is 1230. The number of aromatic nitrogens is 3. The summed E-state index contributed by atoms with van der Waals surface area (Å²) in [5.41, 5.74) is 2.34. The standard InChI is InChI=1S/C30H33N3O9/c1-34-22-7-19(8-23(13-22)35-2)16-40-28-31-29(41-17-20-9-24(36-3)14-25(10-20)37-4)33-30(32-28)42-18-21-11-26(38-5)15-27(12-21)39-6/h7-15H,16-18H2,1-6H3. The van der Waals surface area contributed by atoms with E-state index in [-0.39, 0.29) is 37.9 Å². The number of rotatable bonds is 15. The predicted octanol–water partition coefficient (Wildman–Crippen LogP) is 4.66. The second-order valence-electron chi connectivity index (χ2n) is 8.71. The van der Waals surface area contributed by atoms with Crippen molar-refractivity contribution in [2.24, 2.45) is 0 Å². The van der Waals surface area contributed by atoms with Gasteiger partial charge in [-0.3, -0.25) is 0 Å². The van der Waals surface area contributed by atoms with Gasteiger partial charge >= 0.3 is 18.0 Å². The van der Waals surface area contributed by atoms with Crippen LogP contribution in [0.3, 0.4) is 0 Å². The summed E-state index contributed by atoms with van der Waals surface area (Å²) in [4.78, 5) is 13.0. The second kappa shape index (κ2) is 14.5. The van der Waals surface area contributed by atoms with Gasteiger partial charge in [0.1, 0.15) is 54.3 Å². The zero-order chi connectivity index (χ0) is 29.9. The molecule has 0 aliphatic rings. The lowest BCUT2D eigenvalue weighted by molar-refractivity contribution is 0.222. The summed E-state index contributed by atoms with van der Waals surface area (Å²) in [6.07, 6.45) is 0. The fourth-order valence-corrected chi connectivity index (χ4v) is 3.81. The maximum absolute atomic E-state index is 5.91. The van der Waals surface area contributed by atoms with E-state index in [4.69, 9.17) is 42.6 Å². The summed E-state index contributed by atoms with van der Waals surface area (Å²) in [5, 5.41) is 0. The molecule has 12 heteroatoms. The third-order valence-corrected chi connectivity index (χ3v) is 5.91. The summed E-state index contributed by atoms with van der Waals surface area (Å²) in [5.74, 6) is 3.74. The molecule has 0 aliphatic heterocycles. The summed E-state index contributed by atoms with van der Waals surface area (Å²) in [6, 6.07) is 16.3. The van der Waals surface area contributed by atoms with Gasteiger partial charge in [0.05, 0.1) is 42.7 Å². The van der Waals surface area contributed by atoms with Crippen molar-refractivity contribution in [3.05, 3.63) is 71.3 Å². The number of nitrogens with zero attached hydrogens (tertiary/aromatic N) is 3. The average molecular weight is 580 g/mol. The fraction of sp³-hybridized carbons (Fsp3) is 0.300. The third-order valence-electron chi connectivity index (χ3n) is 5.91. The van der Waals surface area contributed by atoms with Crippen LogP contribution in [-0.4, -0.2) is 57.6 Å². The minimum atomic E-state index is 0.00299. The van der Waals surface area contributed by atoms with E-state index in [2.05, 4.69) is 15.0 Å². The van der Waals surface area contributed by atoms with Crippen molar-refractivity contribution in [3.8, 4) is 52.5 Å². The quantitative estimate of drug-likeness (QED) is 0.195. The molecule has 0 aliphatic carbocycles. The van der Waals surface area contributed by atoms with Crippen LogP contribution in [0.5, 0.6) is 52.5 Å². The van der Waals surface area contributed by atoms with Gasteiger partial charge in [-0.2, -0.15) is 0 Å². The Labute approximate surface area is 244 Å². The van der Waals surface area contributed by atoms with Crippen LogP contribution in [0.4, 0.5) is 0 Å². The molecule has 1 heterocycles. The predicted molar refractivity (Wildman–Crippen MR) is 151 cm³/mol. The van der Waals surface area contributed by atoms with E-state index >= 15 is 0 Å². The first-order valence-corrected chi connectivity index (χ1v) is 12.8. The molecular weight excluding hydrogens is 546 g/mol. The smallest absolute Gasteiger partial charge is 0.326 e. The van der Waals surface area contributed by atoms with Crippen LogP contribution in [0, 0.1) is 0 Å². The molecule has 42 heavy (non-hydrogen) atoms. The fourth-order valence-electron chi connectivity index (χ4n) is 3.81. The third kappa shape index (κ3) is 8.19. The van der Waals surface area contributed by atoms with E-state index in [9.17, 15) is 0 Å². The molecule has 0 unspecified atom stereocenters. The molecule has 222 valence electrons. The van der Waals surface area contributed by atoms with Crippen LogP contribution in [0.15, 0.2) is 54.6 Å². The largest absolute Gasteiger partial charge is 0.497 e. The minimum absolute atomic E-state index is 0.00299. The Morgan fingerprint density at radius 3 is 0.762 bits per heavy atom. The van der Waals surface area contributed by atoms with Gasteiger partial charge in [0.25, 0.3) is 0 Å². The first-order chi connectivity index (χ1) is 20.4. The van der Waals surface area contributed by atoms with Crippen molar-refractivity contribution in [2.75, 3.05) is 42.7 Å². The summed E-state index contributed by atoms with van der Waals surface area (Å²) in [7, 11) is 9.47. The van der Waals surface area contributed by atoms with Crippen LogP contribution in [0.1, 0.15) is 16.7 Å². The highest BCUT2D eigenvalue weighted by molar-refractivity contribution is 5.40. The lowest BCUT2D eigenvalue weighted by Gasteiger charge is -2.13. The number of hydrogen-bond acceptors (Lipinski definition) is 12. The highest BCUT2D eigenvalue weighted by atomic mass is 16.5. The van der Waals surface area contributed by atoms with E-state index in [0.29, 0.717) is 34.5 Å². The molecule has 0 saturated heterocycles. The van der Waals surface area contributed by atoms with E-state index < -0.39 is 0 Å². The lowest BCUT2D eigenvalue weighted by atomic mass is 10.2. The number of ether oxygens (including phenoxy) is 9. The Kier molecular flexibility index (Phi) is 10.3. The number of hydrogen-bond donors (Lipinski definition) is 0. The Balaban J connectivity index is 1.57. The van der Waals surface area contributed by atoms with E-state index in [1.54, 1.807) is 60.9 Å². The highest BCUT2D eigenvalue weighted by Crippen LogP contribution is 2.27. The molecule has 0 N–H and O–H groups in total. The van der Waals surface area contributed by atoms with Gasteiger partial charge in [-0.25, -0.2) is 0 Å². The van der Waals surface area contributed by atoms with Crippen LogP contribution in [0.2, 0.25) is 0 Å². The van der Waals surface area contributed by atoms with Gasteiger partial charge in [-0.1, -0.05) is 0 Å². The van der Waals surface area contributed by atoms with Crippen molar-refractivity contribution >= 4 is 0 Å². The van der Waals surface area contributed by atoms with Crippen LogP contribution >= 0.6 is 0 Å². The number of methoxy groups -OCH3 is 6. The second-order valence-corrected chi connectivity index (χ2v) is 8.71. The Morgan fingerprint density at radius 1 is 0.357 bits per heavy atom. The molecule has 0 radical (unpaired) electrons. The van der Waals surface area contributed by atoms with Crippen molar-refractivity contribution < 1.29 is 42.6 Å². The first kappa shape index (κ1) is 29.8. The molecular formula is C30H33N3O9. The normalized spacial score (nSPS) is 10.4. The number of benzene rings is 3. The van der Waals surface area contributed by atoms with Crippen LogP contribution in [-0.2, 0) is 19.8 Å². The molecule has 3 aromatic carbocycles. The molecule has 0 amide bonds. The highest BCUT2D eigenvalue weighted by Gasteiger charge is 2.14. The van der Waals surface area contributed by atoms with Crippen molar-refractivity contribution in [1.29, 1.82) is 0 Å². The molecule has 1 aromatic heterocycles. The molecule has 0 fully saturated rings. The lowest BCUT2D eigenvalue weighted by Crippen LogP contribution is -2.08. The summed E-state index contributed by atoms with van der Waals surface area (Å²) >= 11 is 0. The summed E-state index contributed by atoms with van der Waals surface area (Å²) < 4.78 is 49.8. The van der Waals surface area contributed by atoms with Crippen molar-refractivity contribution in [3.63, 3.8) is 0 Å². The minimum Gasteiger partial charge on any atom is -0.497 e. The monoisotopic (exact) mass is 579 g/mol. The van der Waals surface area contributed by atoms with Crippen molar-refractivity contribution in [2.45, 2.75) is 19.8 Å². The molecule has 0 spiro atoms. The Hall–Kier alpha value is -5.13. The first-order valence-electron chi connectivity index (χ1n) is 12.8. The maximum Gasteiger partial charge on any atom is 0.326 e. The zero-order valence-electron chi connectivity index (χ0n) is 24.3.